The molecule has 1 atom stereocenters. The smallest absolute Gasteiger partial charge is 0.195 e. The lowest BCUT2D eigenvalue weighted by Crippen LogP contribution is -2.04. The third-order valence-corrected chi connectivity index (χ3v) is 4.05. The number of imidazole rings is 1. The summed E-state index contributed by atoms with van der Waals surface area (Å²) in [4.78, 5) is 5.52. The first kappa shape index (κ1) is 12.8. The number of thiazole rings is 1. The Bertz CT molecular complexity index is 674. The molecule has 0 aliphatic carbocycles. The number of benzene rings is 1. The molecule has 6 heteroatoms. The van der Waals surface area contributed by atoms with Crippen molar-refractivity contribution < 1.29 is 0 Å². The molecule has 3 rings (SSSR count). The van der Waals surface area contributed by atoms with Crippen LogP contribution in [0.5, 0.6) is 0 Å². The average Bonchev–Trinajstić information content (AvgIpc) is 2.73. The highest BCUT2D eigenvalue weighted by Crippen LogP contribution is 2.29. The highest BCUT2D eigenvalue weighted by molar-refractivity contribution is 9.10. The number of hydrogen-bond donors (Lipinski definition) is 1. The van der Waals surface area contributed by atoms with Crippen molar-refractivity contribution in [2.45, 2.75) is 13.0 Å². The van der Waals surface area contributed by atoms with E-state index >= 15 is 0 Å². The van der Waals surface area contributed by atoms with Gasteiger partial charge in [-0.1, -0.05) is 27.3 Å². The van der Waals surface area contributed by atoms with E-state index in [1.165, 1.54) is 10.2 Å². The van der Waals surface area contributed by atoms with Crippen LogP contribution in [0, 0.1) is 0 Å². The van der Waals surface area contributed by atoms with Gasteiger partial charge in [-0.15, -0.1) is 12.4 Å². The lowest BCUT2D eigenvalue weighted by Gasteiger charge is -1.97. The molecule has 2 heterocycles. The molecule has 0 bridgehead atoms. The summed E-state index contributed by atoms with van der Waals surface area (Å²) in [6.07, 6.45) is 2.02. The minimum atomic E-state index is -0.0161. The van der Waals surface area contributed by atoms with Gasteiger partial charge in [0, 0.05) is 16.7 Å². The summed E-state index contributed by atoms with van der Waals surface area (Å²) >= 11 is 5.15. The number of rotatable bonds is 1. The standard InChI is InChI=1S/C11H10BrN3S.ClH/c1-6(13)8-5-15-9-3-2-7(12)4-10(9)16-11(15)14-8;/h2-6H,13H2,1H3;1H. The normalized spacial score (nSPS) is 12.9. The molecule has 1 aromatic carbocycles. The molecule has 0 saturated heterocycles. The van der Waals surface area contributed by atoms with Crippen LogP contribution in [-0.4, -0.2) is 9.38 Å². The van der Waals surface area contributed by atoms with Crippen LogP contribution in [0.3, 0.4) is 0 Å². The van der Waals surface area contributed by atoms with Gasteiger partial charge in [0.2, 0.25) is 0 Å². The van der Waals surface area contributed by atoms with E-state index in [0.29, 0.717) is 0 Å². The molecule has 2 aromatic heterocycles. The fraction of sp³-hybridized carbons (Fsp3) is 0.182. The lowest BCUT2D eigenvalue weighted by molar-refractivity contribution is 0.790. The predicted molar refractivity (Wildman–Crippen MR) is 78.1 cm³/mol. The summed E-state index contributed by atoms with van der Waals surface area (Å²) in [6.45, 7) is 1.95. The summed E-state index contributed by atoms with van der Waals surface area (Å²) in [5.41, 5.74) is 7.95. The van der Waals surface area contributed by atoms with Crippen LogP contribution in [0.2, 0.25) is 0 Å². The van der Waals surface area contributed by atoms with Crippen molar-refractivity contribution in [3.8, 4) is 0 Å². The van der Waals surface area contributed by atoms with Gasteiger partial charge in [0.1, 0.15) is 0 Å². The zero-order valence-corrected chi connectivity index (χ0v) is 12.3. The van der Waals surface area contributed by atoms with Crippen molar-refractivity contribution in [1.82, 2.24) is 9.38 Å². The van der Waals surface area contributed by atoms with Crippen molar-refractivity contribution in [3.63, 3.8) is 0 Å². The molecule has 17 heavy (non-hydrogen) atoms. The van der Waals surface area contributed by atoms with Crippen LogP contribution in [0.15, 0.2) is 28.9 Å². The largest absolute Gasteiger partial charge is 0.323 e. The molecule has 3 aromatic rings. The Labute approximate surface area is 117 Å². The fourth-order valence-corrected chi connectivity index (χ4v) is 3.28. The molecule has 3 nitrogen and oxygen atoms in total. The molecule has 0 amide bonds. The molecule has 0 spiro atoms. The van der Waals surface area contributed by atoms with Crippen LogP contribution in [0.1, 0.15) is 18.7 Å². The number of nitrogens with two attached hydrogens (primary N) is 1. The van der Waals surface area contributed by atoms with E-state index in [4.69, 9.17) is 5.73 Å². The average molecular weight is 333 g/mol. The first-order valence-electron chi connectivity index (χ1n) is 4.98. The van der Waals surface area contributed by atoms with Crippen LogP contribution in [0.25, 0.3) is 15.2 Å². The van der Waals surface area contributed by atoms with Gasteiger partial charge in [0.05, 0.1) is 15.9 Å². The van der Waals surface area contributed by atoms with Crippen molar-refractivity contribution in [2.24, 2.45) is 5.73 Å². The van der Waals surface area contributed by atoms with E-state index in [9.17, 15) is 0 Å². The van der Waals surface area contributed by atoms with Gasteiger partial charge in [-0.25, -0.2) is 4.98 Å². The minimum absolute atomic E-state index is 0. The van der Waals surface area contributed by atoms with Crippen LogP contribution in [0.4, 0.5) is 0 Å². The Morgan fingerprint density at radius 1 is 1.47 bits per heavy atom. The summed E-state index contributed by atoms with van der Waals surface area (Å²) in [5.74, 6) is 0. The van der Waals surface area contributed by atoms with Crippen molar-refractivity contribution in [1.29, 1.82) is 0 Å². The lowest BCUT2D eigenvalue weighted by atomic mass is 10.3. The van der Waals surface area contributed by atoms with Crippen LogP contribution < -0.4 is 5.73 Å². The SMILES string of the molecule is CC(N)c1cn2c(n1)sc1cc(Br)ccc12.Cl. The monoisotopic (exact) mass is 331 g/mol. The second kappa shape index (κ2) is 4.57. The Morgan fingerprint density at radius 2 is 2.24 bits per heavy atom. The molecule has 0 aliphatic rings. The van der Waals surface area contributed by atoms with Gasteiger partial charge >= 0.3 is 0 Å². The Kier molecular flexibility index (Phi) is 3.45. The Balaban J connectivity index is 0.00000108. The Morgan fingerprint density at radius 3 is 2.94 bits per heavy atom. The molecule has 2 N–H and O–H groups in total. The molecular weight excluding hydrogens is 322 g/mol. The first-order valence-corrected chi connectivity index (χ1v) is 6.59. The van der Waals surface area contributed by atoms with E-state index in [1.807, 2.05) is 19.2 Å². The maximum Gasteiger partial charge on any atom is 0.195 e. The second-order valence-electron chi connectivity index (χ2n) is 3.82. The minimum Gasteiger partial charge on any atom is -0.323 e. The maximum atomic E-state index is 5.83. The Hall–Kier alpha value is -0.620. The van der Waals surface area contributed by atoms with Gasteiger partial charge < -0.3 is 5.73 Å². The predicted octanol–water partition coefficient (Wildman–Crippen LogP) is 3.75. The van der Waals surface area contributed by atoms with Crippen molar-refractivity contribution in [3.05, 3.63) is 34.6 Å². The van der Waals surface area contributed by atoms with Crippen LogP contribution >= 0.6 is 39.7 Å². The van der Waals surface area contributed by atoms with Crippen LogP contribution in [-0.2, 0) is 0 Å². The maximum absolute atomic E-state index is 5.83. The van der Waals surface area contributed by atoms with E-state index in [2.05, 4.69) is 37.4 Å². The molecule has 0 radical (unpaired) electrons. The summed E-state index contributed by atoms with van der Waals surface area (Å²) in [5, 5.41) is 0. The third-order valence-electron chi connectivity index (χ3n) is 2.54. The zero-order chi connectivity index (χ0) is 11.3. The molecule has 90 valence electrons. The number of aromatic nitrogens is 2. The number of fused-ring (bicyclic) bond motifs is 3. The molecule has 0 aliphatic heterocycles. The fourth-order valence-electron chi connectivity index (χ4n) is 1.71. The van der Waals surface area contributed by atoms with Gasteiger partial charge in [0.25, 0.3) is 0 Å². The quantitative estimate of drug-likeness (QED) is 0.737. The summed E-state index contributed by atoms with van der Waals surface area (Å²) in [7, 11) is 0. The molecule has 1 unspecified atom stereocenters. The second-order valence-corrected chi connectivity index (χ2v) is 5.75. The number of hydrogen-bond acceptors (Lipinski definition) is 3. The first-order chi connectivity index (χ1) is 7.65. The van der Waals surface area contributed by atoms with Gasteiger partial charge in [-0.2, -0.15) is 0 Å². The topological polar surface area (TPSA) is 43.3 Å². The van der Waals surface area contributed by atoms with E-state index in [0.717, 1.165) is 15.1 Å². The van der Waals surface area contributed by atoms with E-state index in [1.54, 1.807) is 11.3 Å². The van der Waals surface area contributed by atoms with Gasteiger partial charge in [0.15, 0.2) is 4.96 Å². The molecular formula is C11H11BrClN3S. The van der Waals surface area contributed by atoms with E-state index < -0.39 is 0 Å². The summed E-state index contributed by atoms with van der Waals surface area (Å²) in [6, 6.07) is 6.23. The third kappa shape index (κ3) is 2.08. The molecule has 0 fully saturated rings. The van der Waals surface area contributed by atoms with Gasteiger partial charge in [-0.05, 0) is 25.1 Å². The number of halogens is 2. The highest BCUT2D eigenvalue weighted by atomic mass is 79.9. The van der Waals surface area contributed by atoms with Gasteiger partial charge in [-0.3, -0.25) is 4.40 Å². The van der Waals surface area contributed by atoms with E-state index in [-0.39, 0.29) is 18.4 Å². The summed E-state index contributed by atoms with van der Waals surface area (Å²) < 4.78 is 4.43. The highest BCUT2D eigenvalue weighted by Gasteiger charge is 2.10. The van der Waals surface area contributed by atoms with Crippen molar-refractivity contribution >= 4 is 54.9 Å². The zero-order valence-electron chi connectivity index (χ0n) is 9.05. The van der Waals surface area contributed by atoms with Crippen molar-refractivity contribution in [2.75, 3.05) is 0 Å². The molecule has 0 saturated carbocycles. The number of nitrogens with zero attached hydrogens (tertiary/aromatic N) is 2.